The topological polar surface area (TPSA) is 81.7 Å². The number of ether oxygens (including phenoxy) is 2. The lowest BCUT2D eigenvalue weighted by atomic mass is 10.1. The van der Waals surface area contributed by atoms with Crippen molar-refractivity contribution in [2.24, 2.45) is 0 Å². The number of benzene rings is 1. The summed E-state index contributed by atoms with van der Waals surface area (Å²) >= 11 is 0. The molecule has 1 unspecified atom stereocenters. The fourth-order valence-electron chi connectivity index (χ4n) is 1.72. The Balaban J connectivity index is 3.49. The van der Waals surface area contributed by atoms with Gasteiger partial charge in [0.25, 0.3) is 15.0 Å². The van der Waals surface area contributed by atoms with Crippen LogP contribution in [0.25, 0.3) is 0 Å². The monoisotopic (exact) mass is 335 g/mol. The summed E-state index contributed by atoms with van der Waals surface area (Å²) in [6.45, 7) is 3.75. The van der Waals surface area contributed by atoms with E-state index in [9.17, 15) is 13.2 Å². The summed E-state index contributed by atoms with van der Waals surface area (Å²) in [5.74, 6) is -0.415. The van der Waals surface area contributed by atoms with Crippen molar-refractivity contribution in [2.45, 2.75) is 31.2 Å². The minimum absolute atomic E-state index is 0.00188. The molecule has 1 aromatic carbocycles. The van der Waals surface area contributed by atoms with Crippen LogP contribution in [0.5, 0.6) is 11.5 Å². The van der Waals surface area contributed by atoms with E-state index >= 15 is 0 Å². The Morgan fingerprint density at radius 3 is 2.38 bits per heavy atom. The maximum Gasteiger partial charge on any atom is 0.265 e. The smallest absolute Gasteiger partial charge is 0.265 e. The van der Waals surface area contributed by atoms with Crippen LogP contribution in [0.4, 0.5) is 0 Å². The third-order valence-electron chi connectivity index (χ3n) is 2.99. The molecule has 21 heavy (non-hydrogen) atoms. The van der Waals surface area contributed by atoms with Crippen LogP contribution in [0.1, 0.15) is 30.6 Å². The molecule has 0 saturated heterocycles. The first-order chi connectivity index (χ1) is 9.76. The summed E-state index contributed by atoms with van der Waals surface area (Å²) in [4.78, 5) is 12.1. The molecule has 8 heteroatoms. The summed E-state index contributed by atoms with van der Waals surface area (Å²) in [7, 11) is 3.96. The third kappa shape index (κ3) is 4.01. The number of carbonyl (C=O) groups excluding carboxylic acids is 1. The van der Waals surface area contributed by atoms with Gasteiger partial charge in [0.05, 0.1) is 14.2 Å². The van der Waals surface area contributed by atoms with Crippen LogP contribution in [0.3, 0.4) is 0 Å². The van der Waals surface area contributed by atoms with Crippen LogP contribution in [0.2, 0.25) is 0 Å². The molecule has 0 aliphatic carbocycles. The second-order valence-electron chi connectivity index (χ2n) is 4.39. The Labute approximate surface area is 128 Å². The molecule has 1 amide bonds. The Kier molecular flexibility index (Phi) is 5.86. The van der Waals surface area contributed by atoms with E-state index in [0.717, 1.165) is 6.42 Å². The van der Waals surface area contributed by atoms with Crippen molar-refractivity contribution in [2.75, 3.05) is 14.2 Å². The van der Waals surface area contributed by atoms with E-state index in [4.69, 9.17) is 20.2 Å². The minimum atomic E-state index is -4.05. The highest BCUT2D eigenvalue weighted by Crippen LogP contribution is 2.36. The van der Waals surface area contributed by atoms with Gasteiger partial charge in [0.15, 0.2) is 5.75 Å². The first-order valence-electron chi connectivity index (χ1n) is 6.26. The van der Waals surface area contributed by atoms with Gasteiger partial charge in [-0.05, 0) is 25.5 Å². The summed E-state index contributed by atoms with van der Waals surface area (Å²) < 4.78 is 33.3. The van der Waals surface area contributed by atoms with Gasteiger partial charge in [-0.25, -0.2) is 8.42 Å². The average molecular weight is 336 g/mol. The van der Waals surface area contributed by atoms with Crippen LogP contribution >= 0.6 is 10.7 Å². The average Bonchev–Trinajstić information content (AvgIpc) is 2.43. The van der Waals surface area contributed by atoms with Crippen LogP contribution in [-0.4, -0.2) is 34.6 Å². The van der Waals surface area contributed by atoms with Crippen LogP contribution < -0.4 is 14.8 Å². The van der Waals surface area contributed by atoms with Crippen molar-refractivity contribution in [3.63, 3.8) is 0 Å². The normalized spacial score (nSPS) is 12.6. The molecule has 0 aliphatic heterocycles. The lowest BCUT2D eigenvalue weighted by molar-refractivity contribution is 0.0932. The number of hydrogen-bond acceptors (Lipinski definition) is 5. The number of methoxy groups -OCH3 is 2. The molecule has 1 atom stereocenters. The molecular weight excluding hydrogens is 318 g/mol. The number of rotatable bonds is 6. The zero-order valence-corrected chi connectivity index (χ0v) is 13.8. The van der Waals surface area contributed by atoms with Crippen molar-refractivity contribution in [3.8, 4) is 11.5 Å². The Hall–Kier alpha value is -1.47. The van der Waals surface area contributed by atoms with Crippen molar-refractivity contribution in [3.05, 3.63) is 17.7 Å². The Morgan fingerprint density at radius 1 is 1.33 bits per heavy atom. The van der Waals surface area contributed by atoms with Gasteiger partial charge in [0.1, 0.15) is 16.2 Å². The van der Waals surface area contributed by atoms with Crippen LogP contribution in [0, 0.1) is 0 Å². The van der Waals surface area contributed by atoms with Crippen molar-refractivity contribution < 1.29 is 22.7 Å². The van der Waals surface area contributed by atoms with Crippen LogP contribution in [-0.2, 0) is 9.05 Å². The van der Waals surface area contributed by atoms with Crippen molar-refractivity contribution in [1.82, 2.24) is 5.32 Å². The zero-order chi connectivity index (χ0) is 16.2. The lowest BCUT2D eigenvalue weighted by Crippen LogP contribution is -2.32. The molecule has 0 aliphatic rings. The third-order valence-corrected chi connectivity index (χ3v) is 4.33. The maximum absolute atomic E-state index is 12.3. The van der Waals surface area contributed by atoms with Crippen LogP contribution in [0.15, 0.2) is 17.0 Å². The first-order valence-corrected chi connectivity index (χ1v) is 8.57. The SMILES string of the molecule is CCC(C)NC(=O)c1c(OC)ccc(S(=O)(=O)Cl)c1OC. The molecule has 0 aromatic heterocycles. The molecule has 0 saturated carbocycles. The van der Waals surface area contributed by atoms with Crippen molar-refractivity contribution >= 4 is 25.6 Å². The molecule has 6 nitrogen and oxygen atoms in total. The first kappa shape index (κ1) is 17.6. The van der Waals surface area contributed by atoms with E-state index in [1.807, 2.05) is 13.8 Å². The summed E-state index contributed by atoms with van der Waals surface area (Å²) in [6, 6.07) is 2.52. The Bertz CT molecular complexity index is 630. The molecule has 118 valence electrons. The van der Waals surface area contributed by atoms with E-state index < -0.39 is 15.0 Å². The molecule has 1 rings (SSSR count). The number of carbonyl (C=O) groups is 1. The molecule has 0 fully saturated rings. The number of hydrogen-bond donors (Lipinski definition) is 1. The van der Waals surface area contributed by atoms with Gasteiger partial charge in [-0.15, -0.1) is 0 Å². The fourth-order valence-corrected chi connectivity index (χ4v) is 2.73. The molecule has 0 heterocycles. The van der Waals surface area contributed by atoms with Gasteiger partial charge in [0, 0.05) is 16.7 Å². The van der Waals surface area contributed by atoms with Gasteiger partial charge in [-0.1, -0.05) is 6.92 Å². The number of nitrogens with one attached hydrogen (secondary N) is 1. The van der Waals surface area contributed by atoms with Gasteiger partial charge in [-0.2, -0.15) is 0 Å². The second kappa shape index (κ2) is 7.00. The van der Waals surface area contributed by atoms with E-state index in [-0.39, 0.29) is 28.0 Å². The van der Waals surface area contributed by atoms with Gasteiger partial charge in [0.2, 0.25) is 0 Å². The second-order valence-corrected chi connectivity index (χ2v) is 6.93. The quantitative estimate of drug-likeness (QED) is 0.806. The zero-order valence-electron chi connectivity index (χ0n) is 12.3. The highest BCUT2D eigenvalue weighted by atomic mass is 35.7. The predicted molar refractivity (Wildman–Crippen MR) is 79.8 cm³/mol. The van der Waals surface area contributed by atoms with Gasteiger partial charge in [-0.3, -0.25) is 4.79 Å². The van der Waals surface area contributed by atoms with E-state index in [1.54, 1.807) is 0 Å². The largest absolute Gasteiger partial charge is 0.496 e. The maximum atomic E-state index is 12.3. The summed E-state index contributed by atoms with van der Waals surface area (Å²) in [5, 5.41) is 2.74. The number of amides is 1. The molecule has 0 spiro atoms. The van der Waals surface area contributed by atoms with Gasteiger partial charge >= 0.3 is 0 Å². The van der Waals surface area contributed by atoms with E-state index in [0.29, 0.717) is 0 Å². The molecule has 0 radical (unpaired) electrons. The predicted octanol–water partition coefficient (Wildman–Crippen LogP) is 2.16. The van der Waals surface area contributed by atoms with Crippen molar-refractivity contribution in [1.29, 1.82) is 0 Å². The molecule has 0 bridgehead atoms. The molecule has 1 N–H and O–H groups in total. The van der Waals surface area contributed by atoms with E-state index in [1.165, 1.54) is 26.4 Å². The van der Waals surface area contributed by atoms with E-state index in [2.05, 4.69) is 5.32 Å². The highest BCUT2D eigenvalue weighted by Gasteiger charge is 2.27. The summed E-state index contributed by atoms with van der Waals surface area (Å²) in [5.41, 5.74) is 0.00188. The molecule has 1 aromatic rings. The summed E-state index contributed by atoms with van der Waals surface area (Å²) in [6.07, 6.45) is 0.726. The molecular formula is C13H18ClNO5S. The van der Waals surface area contributed by atoms with Gasteiger partial charge < -0.3 is 14.8 Å². The number of halogens is 1. The fraction of sp³-hybridized carbons (Fsp3) is 0.462. The Morgan fingerprint density at radius 2 is 1.95 bits per heavy atom. The minimum Gasteiger partial charge on any atom is -0.496 e. The standard InChI is InChI=1S/C13H18ClNO5S/c1-5-8(2)15-13(16)11-9(19-3)6-7-10(12(11)20-4)21(14,17)18/h6-8H,5H2,1-4H3,(H,15,16). The lowest BCUT2D eigenvalue weighted by Gasteiger charge is -2.17. The highest BCUT2D eigenvalue weighted by molar-refractivity contribution is 8.13.